The Morgan fingerprint density at radius 1 is 0.854 bits per heavy atom. The number of carbonyl (C=O) groups excluding carboxylic acids is 2. The minimum Gasteiger partial charge on any atom is -0.472 e. The molecule has 9 unspecified atom stereocenters. The van der Waals surface area contributed by atoms with Gasteiger partial charge in [0.25, 0.3) is 0 Å². The topological polar surface area (TPSA) is 231 Å². The average molecular weight is 679 g/mol. The first-order valence-electron chi connectivity index (χ1n) is 16.1. The van der Waals surface area contributed by atoms with Crippen LogP contribution in [0.5, 0.6) is 5.75 Å². The normalized spacial score (nSPS) is 41.9. The van der Waals surface area contributed by atoms with Crippen LogP contribution in [0.4, 0.5) is 0 Å². The molecule has 2 aliphatic carbocycles. The summed E-state index contributed by atoms with van der Waals surface area (Å²) in [5.41, 5.74) is 0.831. The maximum absolute atomic E-state index is 13.4. The van der Waals surface area contributed by atoms with Gasteiger partial charge < -0.3 is 64.2 Å². The first-order chi connectivity index (χ1) is 22.8. The van der Waals surface area contributed by atoms with Gasteiger partial charge in [0.1, 0.15) is 36.8 Å². The largest absolute Gasteiger partial charge is 0.472 e. The van der Waals surface area contributed by atoms with E-state index in [4.69, 9.17) is 28.4 Å². The lowest BCUT2D eigenvalue weighted by molar-refractivity contribution is -0.277. The van der Waals surface area contributed by atoms with Crippen LogP contribution in [0.15, 0.2) is 47.9 Å². The Kier molecular flexibility index (Phi) is 9.77. The second-order valence-corrected chi connectivity index (χ2v) is 13.4. The molecule has 1 aromatic rings. The molecule has 3 aliphatic heterocycles. The molecule has 2 saturated carbocycles. The minimum absolute atomic E-state index is 0.0553. The maximum atomic E-state index is 13.4. The van der Waals surface area contributed by atoms with Crippen molar-refractivity contribution in [3.05, 3.63) is 53.5 Å². The molecule has 15 nitrogen and oxygen atoms in total. The van der Waals surface area contributed by atoms with Crippen molar-refractivity contribution in [1.82, 2.24) is 0 Å². The molecule has 1 aromatic carbocycles. The molecule has 264 valence electrons. The molecule has 0 bridgehead atoms. The quantitative estimate of drug-likeness (QED) is 0.136. The van der Waals surface area contributed by atoms with Crippen LogP contribution < -0.4 is 4.74 Å². The summed E-state index contributed by atoms with van der Waals surface area (Å²) in [7, 11) is 0. The third-order valence-corrected chi connectivity index (χ3v) is 10.6. The van der Waals surface area contributed by atoms with E-state index < -0.39 is 85.4 Å². The molecule has 48 heavy (non-hydrogen) atoms. The smallest absolute Gasteiger partial charge is 0.339 e. The molecule has 5 aliphatic rings. The van der Waals surface area contributed by atoms with E-state index in [1.165, 1.54) is 18.4 Å². The van der Waals surface area contributed by atoms with Crippen molar-refractivity contribution in [2.45, 2.75) is 88.8 Å². The van der Waals surface area contributed by atoms with Gasteiger partial charge in [-0.2, -0.15) is 0 Å². The summed E-state index contributed by atoms with van der Waals surface area (Å²) >= 11 is 0. The maximum Gasteiger partial charge on any atom is 0.339 e. The lowest BCUT2D eigenvalue weighted by Crippen LogP contribution is -2.60. The number of aliphatic hydroxyl groups is 7. The van der Waals surface area contributed by atoms with Gasteiger partial charge in [-0.3, -0.25) is 0 Å². The molecule has 0 spiro atoms. The first-order valence-corrected chi connectivity index (χ1v) is 16.1. The standard InChI is InChI=1S/C33H42O15/c1-14-3-8-18-20(12-44-30(40)23(14)18)29(39)48-33(42)9-19-21(13-45-31(41)24(19)15(33)2)28(38)43-11-16-4-6-17(7-5-16)46-32-27(37)26(36)25(35)22(10-34)47-32/h4-7,12-15,18-19,22-27,30-32,34-37,40-42H,3,8-11H2,1-2H3/t14?,15?,18?,19?,22-,23?,24?,25-,26+,27-,30?,31?,32-,33?/m1/s1. The predicted molar refractivity (Wildman–Crippen MR) is 158 cm³/mol. The highest BCUT2D eigenvalue weighted by atomic mass is 16.7. The van der Waals surface area contributed by atoms with Crippen molar-refractivity contribution in [2.75, 3.05) is 6.61 Å². The van der Waals surface area contributed by atoms with Gasteiger partial charge in [-0.05, 0) is 36.5 Å². The highest BCUT2D eigenvalue weighted by Crippen LogP contribution is 2.53. The number of rotatable bonds is 8. The Labute approximate surface area is 275 Å². The van der Waals surface area contributed by atoms with Crippen molar-refractivity contribution < 1.29 is 73.8 Å². The lowest BCUT2D eigenvalue weighted by atomic mass is 9.83. The number of hydrogen-bond acceptors (Lipinski definition) is 15. The van der Waals surface area contributed by atoms with Gasteiger partial charge >= 0.3 is 11.9 Å². The van der Waals surface area contributed by atoms with Gasteiger partial charge in [0.2, 0.25) is 12.1 Å². The summed E-state index contributed by atoms with van der Waals surface area (Å²) in [6.07, 6.45) is -6.04. The van der Waals surface area contributed by atoms with Crippen LogP contribution in [0.3, 0.4) is 0 Å². The van der Waals surface area contributed by atoms with E-state index in [1.54, 1.807) is 19.1 Å². The molecule has 3 heterocycles. The first kappa shape index (κ1) is 34.6. The molecule has 0 aromatic heterocycles. The fourth-order valence-corrected chi connectivity index (χ4v) is 7.71. The van der Waals surface area contributed by atoms with E-state index in [1.807, 2.05) is 6.92 Å². The van der Waals surface area contributed by atoms with E-state index in [9.17, 15) is 45.3 Å². The van der Waals surface area contributed by atoms with Gasteiger partial charge in [-0.25, -0.2) is 9.59 Å². The molecule has 0 radical (unpaired) electrons. The van der Waals surface area contributed by atoms with Crippen molar-refractivity contribution in [3.8, 4) is 5.75 Å². The number of esters is 2. The van der Waals surface area contributed by atoms with Gasteiger partial charge in [-0.1, -0.05) is 26.0 Å². The summed E-state index contributed by atoms with van der Waals surface area (Å²) < 4.78 is 32.8. The highest BCUT2D eigenvalue weighted by Gasteiger charge is 2.60. The van der Waals surface area contributed by atoms with Crippen LogP contribution in [0.2, 0.25) is 0 Å². The summed E-state index contributed by atoms with van der Waals surface area (Å²) in [5, 5.41) is 72.1. The second-order valence-electron chi connectivity index (χ2n) is 13.4. The molecule has 15 heteroatoms. The van der Waals surface area contributed by atoms with Gasteiger partial charge in [-0.15, -0.1) is 0 Å². The van der Waals surface area contributed by atoms with E-state index >= 15 is 0 Å². The van der Waals surface area contributed by atoms with Crippen LogP contribution >= 0.6 is 0 Å². The number of carbonyl (C=O) groups is 2. The summed E-state index contributed by atoms with van der Waals surface area (Å²) in [5.74, 6) is -6.19. The molecular weight excluding hydrogens is 636 g/mol. The average Bonchev–Trinajstić information content (AvgIpc) is 3.58. The van der Waals surface area contributed by atoms with Crippen molar-refractivity contribution >= 4 is 11.9 Å². The SMILES string of the molecule is CC1CCC2C(C(=O)OC3(O)CC4C(C(=O)OCc5ccc(O[C@@H]6O[C@H](CO)[C@@H](O)[C@H](O)[C@H]6O)cc5)=COC(O)C4C3C)=COC(O)C12. The number of aliphatic hydroxyl groups excluding tert-OH is 6. The van der Waals surface area contributed by atoms with Crippen LogP contribution in [-0.4, -0.2) is 103 Å². The molecule has 3 fully saturated rings. The number of hydrogen-bond donors (Lipinski definition) is 7. The highest BCUT2D eigenvalue weighted by molar-refractivity contribution is 5.90. The fraction of sp³-hybridized carbons (Fsp3) is 0.636. The number of benzene rings is 1. The van der Waals surface area contributed by atoms with Crippen molar-refractivity contribution in [1.29, 1.82) is 0 Å². The number of ether oxygens (including phenoxy) is 6. The number of fused-ring (bicyclic) bond motifs is 2. The van der Waals surface area contributed by atoms with Gasteiger partial charge in [0.15, 0.2) is 12.6 Å². The summed E-state index contributed by atoms with van der Waals surface area (Å²) in [4.78, 5) is 26.6. The van der Waals surface area contributed by atoms with Crippen LogP contribution in [0.1, 0.15) is 38.7 Å². The van der Waals surface area contributed by atoms with Gasteiger partial charge in [0.05, 0.1) is 30.3 Å². The fourth-order valence-electron chi connectivity index (χ4n) is 7.71. The van der Waals surface area contributed by atoms with Crippen LogP contribution in [0, 0.1) is 35.5 Å². The predicted octanol–water partition coefficient (Wildman–Crippen LogP) is -0.460. The van der Waals surface area contributed by atoms with Crippen molar-refractivity contribution in [3.63, 3.8) is 0 Å². The minimum atomic E-state index is -2.05. The molecule has 0 amide bonds. The molecule has 1 saturated heterocycles. The zero-order chi connectivity index (χ0) is 34.5. The Morgan fingerprint density at radius 3 is 2.17 bits per heavy atom. The summed E-state index contributed by atoms with van der Waals surface area (Å²) in [6.45, 7) is 2.81. The zero-order valence-electron chi connectivity index (χ0n) is 26.4. The Bertz CT molecular complexity index is 1410. The molecule has 6 rings (SSSR count). The third kappa shape index (κ3) is 6.29. The van der Waals surface area contributed by atoms with Crippen molar-refractivity contribution in [2.24, 2.45) is 35.5 Å². The summed E-state index contributed by atoms with van der Waals surface area (Å²) in [6, 6.07) is 6.18. The van der Waals surface area contributed by atoms with E-state index in [2.05, 4.69) is 0 Å². The van der Waals surface area contributed by atoms with E-state index in [0.717, 1.165) is 12.7 Å². The van der Waals surface area contributed by atoms with Gasteiger partial charge in [0, 0.05) is 36.0 Å². The second kappa shape index (κ2) is 13.6. The lowest BCUT2D eigenvalue weighted by Gasteiger charge is -2.39. The Balaban J connectivity index is 1.07. The van der Waals surface area contributed by atoms with E-state index in [-0.39, 0.29) is 47.7 Å². The monoisotopic (exact) mass is 678 g/mol. The molecule has 14 atom stereocenters. The Morgan fingerprint density at radius 2 is 1.50 bits per heavy atom. The van der Waals surface area contributed by atoms with Crippen LogP contribution in [-0.2, 0) is 39.9 Å². The zero-order valence-corrected chi connectivity index (χ0v) is 26.4. The Hall–Kier alpha value is -3.28. The molecule has 7 N–H and O–H groups in total. The molecular formula is C33H42O15. The third-order valence-electron chi connectivity index (χ3n) is 10.6. The van der Waals surface area contributed by atoms with Crippen LogP contribution in [0.25, 0.3) is 0 Å². The van der Waals surface area contributed by atoms with E-state index in [0.29, 0.717) is 12.0 Å².